The number of rotatable bonds is 4. The van der Waals surface area contributed by atoms with E-state index in [1.165, 1.54) is 0 Å². The van der Waals surface area contributed by atoms with Gasteiger partial charge in [0, 0.05) is 24.8 Å². The van der Waals surface area contributed by atoms with Gasteiger partial charge >= 0.3 is 0 Å². The zero-order chi connectivity index (χ0) is 13.9. The van der Waals surface area contributed by atoms with Crippen LogP contribution < -0.4 is 5.73 Å². The molecule has 4 nitrogen and oxygen atoms in total. The molecule has 0 spiro atoms. The summed E-state index contributed by atoms with van der Waals surface area (Å²) in [5.41, 5.74) is 6.59. The predicted octanol–water partition coefficient (Wildman–Crippen LogP) is 2.23. The van der Waals surface area contributed by atoms with Crippen LogP contribution >= 0.6 is 0 Å². The number of fused-ring (bicyclic) bond motifs is 1. The molecule has 0 fully saturated rings. The second-order valence-electron chi connectivity index (χ2n) is 4.68. The average molecular weight is 265 g/mol. The summed E-state index contributed by atoms with van der Waals surface area (Å²) in [5.74, 6) is -0.0634. The zero-order valence-electron chi connectivity index (χ0n) is 11.0. The van der Waals surface area contributed by atoms with E-state index in [1.54, 1.807) is 12.5 Å². The van der Waals surface area contributed by atoms with Crippen LogP contribution in [0.5, 0.6) is 0 Å². The van der Waals surface area contributed by atoms with Crippen molar-refractivity contribution in [1.82, 2.24) is 9.55 Å². The van der Waals surface area contributed by atoms with Crippen LogP contribution in [0.25, 0.3) is 10.8 Å². The average Bonchev–Trinajstić information content (AvgIpc) is 2.95. The molecule has 3 rings (SSSR count). The third-order valence-electron chi connectivity index (χ3n) is 3.26. The number of nitrogens with two attached hydrogens (primary N) is 1. The van der Waals surface area contributed by atoms with Crippen molar-refractivity contribution in [2.45, 2.75) is 6.54 Å². The fourth-order valence-electron chi connectivity index (χ4n) is 2.23. The highest BCUT2D eigenvalue weighted by Gasteiger charge is 2.12. The van der Waals surface area contributed by atoms with Crippen LogP contribution in [0.3, 0.4) is 0 Å². The van der Waals surface area contributed by atoms with Gasteiger partial charge in [0.25, 0.3) is 0 Å². The zero-order valence-corrected chi connectivity index (χ0v) is 11.0. The van der Waals surface area contributed by atoms with Crippen molar-refractivity contribution in [3.63, 3.8) is 0 Å². The maximum atomic E-state index is 12.4. The molecule has 0 aliphatic rings. The summed E-state index contributed by atoms with van der Waals surface area (Å²) in [6.07, 6.45) is 3.38. The van der Waals surface area contributed by atoms with Crippen molar-refractivity contribution in [1.29, 1.82) is 0 Å². The lowest BCUT2D eigenvalue weighted by atomic mass is 10.0. The first kappa shape index (κ1) is 12.6. The standard InChI is InChI=1S/C16H15N3O/c17-7-8-19-10-15(18-11-19)16(20)14-6-5-12-3-1-2-4-13(12)9-14/h1-6,9-11H,7-8,17H2. The smallest absolute Gasteiger partial charge is 0.212 e. The molecule has 0 saturated carbocycles. The minimum absolute atomic E-state index is 0.0634. The van der Waals surface area contributed by atoms with E-state index in [1.807, 2.05) is 47.0 Å². The molecular weight excluding hydrogens is 250 g/mol. The lowest BCUT2D eigenvalue weighted by Crippen LogP contribution is -2.08. The SMILES string of the molecule is NCCn1cnc(C(=O)c2ccc3ccccc3c2)c1. The Morgan fingerprint density at radius 2 is 1.95 bits per heavy atom. The molecule has 1 aromatic heterocycles. The Labute approximate surface area is 116 Å². The molecular formula is C16H15N3O. The van der Waals surface area contributed by atoms with E-state index in [0.29, 0.717) is 24.3 Å². The third-order valence-corrected chi connectivity index (χ3v) is 3.26. The van der Waals surface area contributed by atoms with Crippen LogP contribution in [0.1, 0.15) is 16.1 Å². The fourth-order valence-corrected chi connectivity index (χ4v) is 2.23. The molecule has 2 aromatic carbocycles. The van der Waals surface area contributed by atoms with Gasteiger partial charge in [0.1, 0.15) is 5.69 Å². The van der Waals surface area contributed by atoms with Crippen molar-refractivity contribution in [3.8, 4) is 0 Å². The minimum atomic E-state index is -0.0634. The van der Waals surface area contributed by atoms with Crippen molar-refractivity contribution in [3.05, 3.63) is 66.2 Å². The summed E-state index contributed by atoms with van der Waals surface area (Å²) in [6.45, 7) is 1.19. The first-order valence-electron chi connectivity index (χ1n) is 6.53. The highest BCUT2D eigenvalue weighted by molar-refractivity contribution is 6.09. The molecule has 4 heteroatoms. The normalized spacial score (nSPS) is 10.8. The summed E-state index contributed by atoms with van der Waals surface area (Å²) >= 11 is 0. The quantitative estimate of drug-likeness (QED) is 0.736. The minimum Gasteiger partial charge on any atom is -0.335 e. The van der Waals surface area contributed by atoms with Gasteiger partial charge in [-0.2, -0.15) is 0 Å². The topological polar surface area (TPSA) is 60.9 Å². The number of ketones is 1. The van der Waals surface area contributed by atoms with Crippen molar-refractivity contribution in [2.75, 3.05) is 6.54 Å². The van der Waals surface area contributed by atoms with Crippen molar-refractivity contribution in [2.24, 2.45) is 5.73 Å². The van der Waals surface area contributed by atoms with Gasteiger partial charge in [-0.3, -0.25) is 4.79 Å². The molecule has 100 valence electrons. The molecule has 2 N–H and O–H groups in total. The van der Waals surface area contributed by atoms with E-state index in [-0.39, 0.29) is 5.78 Å². The Morgan fingerprint density at radius 3 is 2.75 bits per heavy atom. The van der Waals surface area contributed by atoms with E-state index in [4.69, 9.17) is 5.73 Å². The maximum absolute atomic E-state index is 12.4. The third kappa shape index (κ3) is 2.33. The van der Waals surface area contributed by atoms with Crippen LogP contribution in [-0.2, 0) is 6.54 Å². The van der Waals surface area contributed by atoms with Gasteiger partial charge in [-0.05, 0) is 16.8 Å². The van der Waals surface area contributed by atoms with Gasteiger partial charge < -0.3 is 10.3 Å². The van der Waals surface area contributed by atoms with Gasteiger partial charge in [0.05, 0.1) is 6.33 Å². The summed E-state index contributed by atoms with van der Waals surface area (Å²) in [6, 6.07) is 13.7. The lowest BCUT2D eigenvalue weighted by Gasteiger charge is -2.01. The van der Waals surface area contributed by atoms with E-state index in [0.717, 1.165) is 10.8 Å². The number of carbonyl (C=O) groups is 1. The molecule has 3 aromatic rings. The van der Waals surface area contributed by atoms with Crippen LogP contribution in [0.2, 0.25) is 0 Å². The Hall–Kier alpha value is -2.46. The van der Waals surface area contributed by atoms with Crippen LogP contribution in [0, 0.1) is 0 Å². The first-order chi connectivity index (χ1) is 9.78. The second kappa shape index (κ2) is 5.27. The number of hydrogen-bond donors (Lipinski definition) is 1. The van der Waals surface area contributed by atoms with Gasteiger partial charge in [-0.1, -0.05) is 36.4 Å². The Morgan fingerprint density at radius 1 is 1.15 bits per heavy atom. The van der Waals surface area contributed by atoms with Crippen LogP contribution in [-0.4, -0.2) is 21.9 Å². The molecule has 20 heavy (non-hydrogen) atoms. The fraction of sp³-hybridized carbons (Fsp3) is 0.125. The molecule has 1 heterocycles. The first-order valence-corrected chi connectivity index (χ1v) is 6.53. The number of aromatic nitrogens is 2. The summed E-state index contributed by atoms with van der Waals surface area (Å²) < 4.78 is 1.83. The molecule has 0 bridgehead atoms. The molecule has 0 radical (unpaired) electrons. The van der Waals surface area contributed by atoms with E-state index in [9.17, 15) is 4.79 Å². The molecule has 0 atom stereocenters. The van der Waals surface area contributed by atoms with Gasteiger partial charge in [0.2, 0.25) is 5.78 Å². The maximum Gasteiger partial charge on any atom is 0.212 e. The number of carbonyl (C=O) groups excluding carboxylic acids is 1. The Balaban J connectivity index is 1.94. The number of nitrogens with zero attached hydrogens (tertiary/aromatic N) is 2. The van der Waals surface area contributed by atoms with Crippen molar-refractivity contribution < 1.29 is 4.79 Å². The second-order valence-corrected chi connectivity index (χ2v) is 4.68. The molecule has 0 amide bonds. The largest absolute Gasteiger partial charge is 0.335 e. The molecule has 0 aliphatic heterocycles. The van der Waals surface area contributed by atoms with Crippen LogP contribution in [0.15, 0.2) is 55.0 Å². The number of imidazole rings is 1. The lowest BCUT2D eigenvalue weighted by molar-refractivity contribution is 0.103. The van der Waals surface area contributed by atoms with Gasteiger partial charge in [0.15, 0.2) is 0 Å². The highest BCUT2D eigenvalue weighted by Crippen LogP contribution is 2.17. The van der Waals surface area contributed by atoms with E-state index in [2.05, 4.69) is 4.98 Å². The van der Waals surface area contributed by atoms with Gasteiger partial charge in [-0.25, -0.2) is 4.98 Å². The van der Waals surface area contributed by atoms with Crippen LogP contribution in [0.4, 0.5) is 0 Å². The molecule has 0 unspecified atom stereocenters. The van der Waals surface area contributed by atoms with E-state index < -0.39 is 0 Å². The number of hydrogen-bond acceptors (Lipinski definition) is 3. The molecule has 0 saturated heterocycles. The Kier molecular flexibility index (Phi) is 3.31. The van der Waals surface area contributed by atoms with E-state index >= 15 is 0 Å². The predicted molar refractivity (Wildman–Crippen MR) is 78.7 cm³/mol. The highest BCUT2D eigenvalue weighted by atomic mass is 16.1. The summed E-state index contributed by atoms with van der Waals surface area (Å²) in [5, 5.41) is 2.18. The number of benzene rings is 2. The van der Waals surface area contributed by atoms with Crippen molar-refractivity contribution >= 4 is 16.6 Å². The summed E-state index contributed by atoms with van der Waals surface area (Å²) in [4.78, 5) is 16.5. The van der Waals surface area contributed by atoms with Gasteiger partial charge in [-0.15, -0.1) is 0 Å². The Bertz CT molecular complexity index is 761. The monoisotopic (exact) mass is 265 g/mol. The molecule has 0 aliphatic carbocycles. The summed E-state index contributed by atoms with van der Waals surface area (Å²) in [7, 11) is 0.